The van der Waals surface area contributed by atoms with Crippen LogP contribution in [0.25, 0.3) is 0 Å². The third-order valence-electron chi connectivity index (χ3n) is 5.11. The Labute approximate surface area is 164 Å². The number of rotatable bonds is 8. The van der Waals surface area contributed by atoms with Crippen molar-refractivity contribution in [2.45, 2.75) is 44.2 Å². The Bertz CT molecular complexity index is 778. The highest BCUT2D eigenvalue weighted by molar-refractivity contribution is 6.09. The lowest BCUT2D eigenvalue weighted by Gasteiger charge is -2.27. The van der Waals surface area contributed by atoms with Crippen molar-refractivity contribution in [3.63, 3.8) is 0 Å². The van der Waals surface area contributed by atoms with E-state index < -0.39 is 29.9 Å². The molecule has 1 aromatic rings. The van der Waals surface area contributed by atoms with Gasteiger partial charge in [0.05, 0.1) is 6.54 Å². The molecule has 2 N–H and O–H groups in total. The third kappa shape index (κ3) is 4.00. The van der Waals surface area contributed by atoms with Crippen molar-refractivity contribution in [1.29, 1.82) is 0 Å². The molecular formula is C20H26N4O4. The van der Waals surface area contributed by atoms with Gasteiger partial charge in [0.1, 0.15) is 12.1 Å². The lowest BCUT2D eigenvalue weighted by molar-refractivity contribution is -0.140. The van der Waals surface area contributed by atoms with Crippen molar-refractivity contribution in [1.82, 2.24) is 20.4 Å². The van der Waals surface area contributed by atoms with Gasteiger partial charge in [-0.3, -0.25) is 19.3 Å². The second kappa shape index (κ2) is 8.00. The maximum absolute atomic E-state index is 13.2. The highest BCUT2D eigenvalue weighted by atomic mass is 16.2. The minimum absolute atomic E-state index is 0.0994. The van der Waals surface area contributed by atoms with E-state index in [1.54, 1.807) is 12.1 Å². The summed E-state index contributed by atoms with van der Waals surface area (Å²) in [4.78, 5) is 52.2. The Morgan fingerprint density at radius 2 is 1.93 bits per heavy atom. The molecule has 1 heterocycles. The molecule has 3 rings (SSSR count). The van der Waals surface area contributed by atoms with Crippen LogP contribution in [0, 0.1) is 0 Å². The van der Waals surface area contributed by atoms with E-state index >= 15 is 0 Å². The number of likely N-dealkylation sites (N-methyl/N-ethyl adjacent to an activating group) is 1. The van der Waals surface area contributed by atoms with Crippen molar-refractivity contribution in [2.75, 3.05) is 20.1 Å². The van der Waals surface area contributed by atoms with Gasteiger partial charge in [-0.1, -0.05) is 43.7 Å². The molecule has 0 bridgehead atoms. The molecular weight excluding hydrogens is 360 g/mol. The summed E-state index contributed by atoms with van der Waals surface area (Å²) >= 11 is 0. The highest BCUT2D eigenvalue weighted by Gasteiger charge is 2.52. The second-order valence-corrected chi connectivity index (χ2v) is 7.43. The molecule has 150 valence electrons. The topological polar surface area (TPSA) is 98.8 Å². The van der Waals surface area contributed by atoms with E-state index in [4.69, 9.17) is 0 Å². The number of nitrogens with one attached hydrogen (secondary N) is 2. The third-order valence-corrected chi connectivity index (χ3v) is 5.11. The molecule has 1 aromatic carbocycles. The molecule has 1 atom stereocenters. The van der Waals surface area contributed by atoms with Gasteiger partial charge >= 0.3 is 6.03 Å². The Morgan fingerprint density at radius 1 is 1.25 bits per heavy atom. The van der Waals surface area contributed by atoms with E-state index in [1.807, 2.05) is 25.1 Å². The largest absolute Gasteiger partial charge is 0.352 e. The maximum Gasteiger partial charge on any atom is 0.325 e. The lowest BCUT2D eigenvalue weighted by Crippen LogP contribution is -2.46. The Balaban J connectivity index is 1.70. The summed E-state index contributed by atoms with van der Waals surface area (Å²) in [5.41, 5.74) is -0.461. The molecule has 0 aromatic heterocycles. The summed E-state index contributed by atoms with van der Waals surface area (Å²) in [6, 6.07) is 8.68. The molecule has 8 nitrogen and oxygen atoms in total. The first kappa shape index (κ1) is 19.9. The fraction of sp³-hybridized carbons (Fsp3) is 0.500. The number of hydrogen-bond acceptors (Lipinski definition) is 4. The number of benzene rings is 1. The van der Waals surface area contributed by atoms with Gasteiger partial charge in [-0.05, 0) is 24.8 Å². The standard InChI is InChI=1S/C20H26N4O4/c1-3-11-20(14-7-5-4-6-8-14)18(27)24(19(28)22-20)13-17(26)23(2)12-16(25)21-15-9-10-15/h4-8,15H,3,9-13H2,1-2H3,(H,21,25)(H,22,28)/t20-/m0/s1. The normalized spacial score (nSPS) is 21.4. The van der Waals surface area contributed by atoms with Crippen LogP contribution in [0.1, 0.15) is 38.2 Å². The van der Waals surface area contributed by atoms with Crippen LogP contribution in [0.2, 0.25) is 0 Å². The number of carbonyl (C=O) groups excluding carboxylic acids is 4. The molecule has 28 heavy (non-hydrogen) atoms. The monoisotopic (exact) mass is 386 g/mol. The average molecular weight is 386 g/mol. The maximum atomic E-state index is 13.2. The molecule has 0 radical (unpaired) electrons. The van der Waals surface area contributed by atoms with E-state index in [2.05, 4.69) is 10.6 Å². The first-order valence-corrected chi connectivity index (χ1v) is 9.60. The molecule has 1 saturated carbocycles. The minimum atomic E-state index is -1.16. The quantitative estimate of drug-likeness (QED) is 0.651. The summed E-state index contributed by atoms with van der Waals surface area (Å²) in [7, 11) is 1.49. The van der Waals surface area contributed by atoms with Crippen LogP contribution in [-0.2, 0) is 19.9 Å². The smallest absolute Gasteiger partial charge is 0.325 e. The van der Waals surface area contributed by atoms with Crippen LogP contribution in [0.4, 0.5) is 4.79 Å². The summed E-state index contributed by atoms with van der Waals surface area (Å²) < 4.78 is 0. The van der Waals surface area contributed by atoms with Crippen LogP contribution < -0.4 is 10.6 Å². The predicted octanol–water partition coefficient (Wildman–Crippen LogP) is 0.971. The molecule has 0 unspecified atom stereocenters. The van der Waals surface area contributed by atoms with Gasteiger partial charge in [0.2, 0.25) is 11.8 Å². The number of urea groups is 1. The van der Waals surface area contributed by atoms with Gasteiger partial charge in [0.15, 0.2) is 0 Å². The zero-order valence-electron chi connectivity index (χ0n) is 16.2. The van der Waals surface area contributed by atoms with Crippen LogP contribution in [0.3, 0.4) is 0 Å². The zero-order chi connectivity index (χ0) is 20.3. The van der Waals surface area contributed by atoms with Gasteiger partial charge in [-0.25, -0.2) is 4.79 Å². The van der Waals surface area contributed by atoms with E-state index in [0.29, 0.717) is 18.4 Å². The molecule has 1 aliphatic carbocycles. The van der Waals surface area contributed by atoms with Crippen LogP contribution >= 0.6 is 0 Å². The fourth-order valence-electron chi connectivity index (χ4n) is 3.44. The summed E-state index contributed by atoms with van der Waals surface area (Å²) in [5, 5.41) is 5.60. The van der Waals surface area contributed by atoms with E-state index in [-0.39, 0.29) is 18.5 Å². The van der Waals surface area contributed by atoms with Gasteiger partial charge < -0.3 is 15.5 Å². The number of nitrogens with zero attached hydrogens (tertiary/aromatic N) is 2. The molecule has 1 aliphatic heterocycles. The summed E-state index contributed by atoms with van der Waals surface area (Å²) in [6.07, 6.45) is 3.05. The number of hydrogen-bond donors (Lipinski definition) is 2. The van der Waals surface area contributed by atoms with E-state index in [1.165, 1.54) is 11.9 Å². The Morgan fingerprint density at radius 3 is 2.54 bits per heavy atom. The van der Waals surface area contributed by atoms with Crippen molar-refractivity contribution in [3.8, 4) is 0 Å². The second-order valence-electron chi connectivity index (χ2n) is 7.43. The Kier molecular flexibility index (Phi) is 5.67. The molecule has 2 fully saturated rings. The SMILES string of the molecule is CCC[C@@]1(c2ccccc2)NC(=O)N(CC(=O)N(C)CC(=O)NC2CC2)C1=O. The van der Waals surface area contributed by atoms with Crippen molar-refractivity contribution in [3.05, 3.63) is 35.9 Å². The molecule has 5 amide bonds. The van der Waals surface area contributed by atoms with Crippen LogP contribution in [-0.4, -0.2) is 59.7 Å². The number of amides is 5. The number of carbonyl (C=O) groups is 4. The zero-order valence-corrected chi connectivity index (χ0v) is 16.2. The minimum Gasteiger partial charge on any atom is -0.352 e. The first-order chi connectivity index (χ1) is 13.4. The first-order valence-electron chi connectivity index (χ1n) is 9.60. The van der Waals surface area contributed by atoms with E-state index in [0.717, 1.165) is 17.7 Å². The highest BCUT2D eigenvalue weighted by Crippen LogP contribution is 2.33. The van der Waals surface area contributed by atoms with Gasteiger partial charge in [-0.2, -0.15) is 0 Å². The summed E-state index contributed by atoms with van der Waals surface area (Å²) in [6.45, 7) is 1.44. The van der Waals surface area contributed by atoms with Crippen molar-refractivity contribution < 1.29 is 19.2 Å². The summed E-state index contributed by atoms with van der Waals surface area (Å²) in [5.74, 6) is -1.13. The van der Waals surface area contributed by atoms with Gasteiger partial charge in [0, 0.05) is 13.1 Å². The lowest BCUT2D eigenvalue weighted by atomic mass is 9.85. The van der Waals surface area contributed by atoms with E-state index in [9.17, 15) is 19.2 Å². The van der Waals surface area contributed by atoms with Crippen molar-refractivity contribution in [2.24, 2.45) is 0 Å². The average Bonchev–Trinajstić information content (AvgIpc) is 3.45. The number of imide groups is 1. The molecule has 1 saturated heterocycles. The van der Waals surface area contributed by atoms with Crippen LogP contribution in [0.15, 0.2) is 30.3 Å². The Hall–Kier alpha value is -2.90. The predicted molar refractivity (Wildman–Crippen MR) is 102 cm³/mol. The van der Waals surface area contributed by atoms with Crippen molar-refractivity contribution >= 4 is 23.8 Å². The van der Waals surface area contributed by atoms with Gasteiger partial charge in [0.25, 0.3) is 5.91 Å². The fourth-order valence-corrected chi connectivity index (χ4v) is 3.44. The van der Waals surface area contributed by atoms with Crippen LogP contribution in [0.5, 0.6) is 0 Å². The molecule has 8 heteroatoms. The molecule has 2 aliphatic rings. The molecule has 0 spiro atoms. The van der Waals surface area contributed by atoms with Gasteiger partial charge in [-0.15, -0.1) is 0 Å².